The van der Waals surface area contributed by atoms with Crippen molar-refractivity contribution in [2.75, 3.05) is 0 Å². The van der Waals surface area contributed by atoms with Crippen LogP contribution in [0, 0.1) is 12.8 Å². The lowest BCUT2D eigenvalue weighted by Gasteiger charge is -2.10. The highest BCUT2D eigenvalue weighted by Gasteiger charge is 2.17. The Bertz CT molecular complexity index is 1590. The van der Waals surface area contributed by atoms with Gasteiger partial charge in [0.05, 0.1) is 5.69 Å². The minimum Gasteiger partial charge on any atom is -0.456 e. The fourth-order valence-electron chi connectivity index (χ4n) is 4.86. The number of pyridine rings is 1. The van der Waals surface area contributed by atoms with Crippen molar-refractivity contribution >= 4 is 21.9 Å². The number of furan rings is 1. The Hall–Kier alpha value is -3.39. The van der Waals surface area contributed by atoms with Crippen molar-refractivity contribution in [3.05, 3.63) is 90.1 Å². The molecule has 5 aromatic rings. The average Bonchev–Trinajstić information content (AvgIpc) is 3.57. The number of hydrogen-bond acceptors (Lipinski definition) is 2. The van der Waals surface area contributed by atoms with Crippen LogP contribution in [0.5, 0.6) is 0 Å². The quantitative estimate of drug-likeness (QED) is 0.291. The largest absolute Gasteiger partial charge is 0.456 e. The van der Waals surface area contributed by atoms with Crippen molar-refractivity contribution < 1.29 is 11.3 Å². The molecule has 2 nitrogen and oxygen atoms in total. The predicted molar refractivity (Wildman–Crippen MR) is 133 cm³/mol. The van der Waals surface area contributed by atoms with Gasteiger partial charge in [-0.25, -0.2) is 0 Å². The smallest absolute Gasteiger partial charge is 0.136 e. The summed E-state index contributed by atoms with van der Waals surface area (Å²) in [5.74, 6) is 0.0438. The lowest BCUT2D eigenvalue weighted by atomic mass is 9.96. The second kappa shape index (κ2) is 7.94. The van der Waals surface area contributed by atoms with Gasteiger partial charge >= 0.3 is 0 Å². The highest BCUT2D eigenvalue weighted by Crippen LogP contribution is 2.38. The van der Waals surface area contributed by atoms with Crippen molar-refractivity contribution in [1.82, 2.24) is 4.98 Å². The van der Waals surface area contributed by atoms with Crippen molar-refractivity contribution in [1.29, 1.82) is 0 Å². The number of rotatable bonds is 4. The van der Waals surface area contributed by atoms with Gasteiger partial charge < -0.3 is 4.42 Å². The van der Waals surface area contributed by atoms with Gasteiger partial charge in [-0.3, -0.25) is 4.98 Å². The van der Waals surface area contributed by atoms with Crippen LogP contribution in [0.4, 0.5) is 0 Å². The summed E-state index contributed by atoms with van der Waals surface area (Å²) in [5.41, 5.74) is 6.00. The summed E-state index contributed by atoms with van der Waals surface area (Å²) in [4.78, 5) is 4.58. The number of aryl methyl sites for hydroxylation is 1. The van der Waals surface area contributed by atoms with Gasteiger partial charge in [-0.15, -0.1) is 0 Å². The van der Waals surface area contributed by atoms with Crippen LogP contribution in [0.3, 0.4) is 0 Å². The predicted octanol–water partition coefficient (Wildman–Crippen LogP) is 8.36. The molecule has 1 fully saturated rings. The van der Waals surface area contributed by atoms with E-state index in [9.17, 15) is 0 Å². The molecule has 158 valence electrons. The molecule has 0 amide bonds. The molecule has 1 aliphatic carbocycles. The summed E-state index contributed by atoms with van der Waals surface area (Å²) in [7, 11) is 0. The van der Waals surface area contributed by atoms with Crippen molar-refractivity contribution in [3.8, 4) is 22.4 Å². The zero-order valence-electron chi connectivity index (χ0n) is 22.8. The topological polar surface area (TPSA) is 26.0 Å². The summed E-state index contributed by atoms with van der Waals surface area (Å²) >= 11 is 0. The van der Waals surface area contributed by atoms with Crippen LogP contribution in [0.1, 0.15) is 43.7 Å². The lowest BCUT2D eigenvalue weighted by molar-refractivity contribution is 0.546. The fraction of sp³-hybridized carbons (Fsp3) is 0.233. The fourth-order valence-corrected chi connectivity index (χ4v) is 4.86. The number of hydrogen-bond donors (Lipinski definition) is 0. The third-order valence-electron chi connectivity index (χ3n) is 6.47. The van der Waals surface area contributed by atoms with Gasteiger partial charge in [-0.2, -0.15) is 0 Å². The Morgan fingerprint density at radius 3 is 2.62 bits per heavy atom. The number of nitrogens with zero attached hydrogens (tertiary/aromatic N) is 1. The first-order valence-electron chi connectivity index (χ1n) is 13.7. The molecule has 0 N–H and O–H groups in total. The minimum absolute atomic E-state index is 0.0438. The summed E-state index contributed by atoms with van der Waals surface area (Å²) in [5, 5.41) is 1.90. The molecule has 0 aliphatic heterocycles. The molecule has 32 heavy (non-hydrogen) atoms. The van der Waals surface area contributed by atoms with E-state index in [0.29, 0.717) is 11.1 Å². The molecule has 6 rings (SSSR count). The number of fused-ring (bicyclic) bond motifs is 3. The SMILES string of the molecule is [2H]C([2H])([2H])c1ccc(-c2cccc3oc4ccc(-c5cc(C([2H])([2H])C6CCCC6)ccn5)cc4c23)cc1. The lowest BCUT2D eigenvalue weighted by Crippen LogP contribution is -1.99. The number of aromatic nitrogens is 1. The molecule has 0 radical (unpaired) electrons. The van der Waals surface area contributed by atoms with Gasteiger partial charge in [0.1, 0.15) is 11.2 Å². The molecule has 0 atom stereocenters. The minimum atomic E-state index is -2.14. The first-order valence-corrected chi connectivity index (χ1v) is 11.2. The first kappa shape index (κ1) is 14.6. The van der Waals surface area contributed by atoms with Gasteiger partial charge in [0, 0.05) is 29.4 Å². The zero-order chi connectivity index (χ0) is 25.8. The number of benzene rings is 3. The normalized spacial score (nSPS) is 17.7. The van der Waals surface area contributed by atoms with Gasteiger partial charge in [-0.1, -0.05) is 67.6 Å². The molecule has 0 unspecified atom stereocenters. The molecule has 0 spiro atoms. The Morgan fingerprint density at radius 2 is 1.78 bits per heavy atom. The summed E-state index contributed by atoms with van der Waals surface area (Å²) < 4.78 is 46.7. The van der Waals surface area contributed by atoms with E-state index in [-0.39, 0.29) is 5.92 Å². The third kappa shape index (κ3) is 3.50. The van der Waals surface area contributed by atoms with Crippen molar-refractivity contribution in [3.63, 3.8) is 0 Å². The molecule has 1 saturated carbocycles. The van der Waals surface area contributed by atoms with Crippen LogP contribution < -0.4 is 0 Å². The standard InChI is InChI=1S/C30H27NO/c1-20-9-11-23(12-10-20)25-7-4-8-29-30(25)26-19-24(13-14-28(26)32-29)27-18-22(15-16-31-27)17-21-5-2-3-6-21/h4,7-16,18-19,21H,2-3,5-6,17H2,1H3/i1D3,17D2. The van der Waals surface area contributed by atoms with Crippen LogP contribution >= 0.6 is 0 Å². The maximum absolute atomic E-state index is 8.80. The Labute approximate surface area is 195 Å². The van der Waals surface area contributed by atoms with E-state index < -0.39 is 13.2 Å². The second-order valence-corrected chi connectivity index (χ2v) is 8.62. The Morgan fingerprint density at radius 1 is 0.938 bits per heavy atom. The second-order valence-electron chi connectivity index (χ2n) is 8.62. The van der Waals surface area contributed by atoms with Crippen LogP contribution in [-0.4, -0.2) is 4.98 Å². The van der Waals surface area contributed by atoms with Crippen molar-refractivity contribution in [2.24, 2.45) is 5.92 Å². The molecule has 2 aromatic heterocycles. The Balaban J connectivity index is 1.45. The molecule has 2 heteroatoms. The van der Waals surface area contributed by atoms with E-state index in [1.54, 1.807) is 24.4 Å². The monoisotopic (exact) mass is 422 g/mol. The van der Waals surface area contributed by atoms with Crippen LogP contribution in [-0.2, 0) is 6.37 Å². The summed E-state index contributed by atoms with van der Waals surface area (Å²) in [6.45, 7) is -2.14. The van der Waals surface area contributed by atoms with Gasteiger partial charge in [-0.05, 0) is 72.2 Å². The van der Waals surface area contributed by atoms with Gasteiger partial charge in [0.2, 0.25) is 0 Å². The molecule has 2 heterocycles. The van der Waals surface area contributed by atoms with Crippen LogP contribution in [0.2, 0.25) is 0 Å². The average molecular weight is 423 g/mol. The highest BCUT2D eigenvalue weighted by atomic mass is 16.3. The molecule has 0 bridgehead atoms. The maximum Gasteiger partial charge on any atom is 0.136 e. The van der Waals surface area contributed by atoms with Gasteiger partial charge in [0.15, 0.2) is 0 Å². The third-order valence-corrected chi connectivity index (χ3v) is 6.47. The van der Waals surface area contributed by atoms with E-state index >= 15 is 0 Å². The highest BCUT2D eigenvalue weighted by molar-refractivity contribution is 6.13. The first-order chi connectivity index (χ1) is 17.7. The zero-order valence-corrected chi connectivity index (χ0v) is 17.8. The van der Waals surface area contributed by atoms with Crippen LogP contribution in [0.15, 0.2) is 83.4 Å². The van der Waals surface area contributed by atoms with E-state index in [0.717, 1.165) is 70.0 Å². The molecule has 0 saturated heterocycles. The van der Waals surface area contributed by atoms with E-state index in [1.807, 2.05) is 48.5 Å². The van der Waals surface area contributed by atoms with Gasteiger partial charge in [0.25, 0.3) is 0 Å². The maximum atomic E-state index is 8.80. The van der Waals surface area contributed by atoms with E-state index in [2.05, 4.69) is 11.1 Å². The Kier molecular flexibility index (Phi) is 3.63. The van der Waals surface area contributed by atoms with Crippen LogP contribution in [0.25, 0.3) is 44.3 Å². The molecular weight excluding hydrogens is 390 g/mol. The summed E-state index contributed by atoms with van der Waals surface area (Å²) in [6.07, 6.45) is 4.35. The van der Waals surface area contributed by atoms with E-state index in [1.165, 1.54) is 0 Å². The van der Waals surface area contributed by atoms with Crippen molar-refractivity contribution in [2.45, 2.75) is 38.9 Å². The molecule has 1 aliphatic rings. The molecule has 3 aromatic carbocycles. The summed E-state index contributed by atoms with van der Waals surface area (Å²) in [6, 6.07) is 22.5. The molecular formula is C30H27NO. The van der Waals surface area contributed by atoms with E-state index in [4.69, 9.17) is 11.3 Å².